The van der Waals surface area contributed by atoms with Gasteiger partial charge in [-0.05, 0) is 43.2 Å². The minimum Gasteiger partial charge on any atom is -0.463 e. The quantitative estimate of drug-likeness (QED) is 0.830. The first-order valence-electron chi connectivity index (χ1n) is 5.98. The van der Waals surface area contributed by atoms with E-state index in [1.165, 1.54) is 6.26 Å². The molecule has 1 aromatic carbocycles. The minimum absolute atomic E-state index is 0.234. The molecule has 2 aromatic rings. The van der Waals surface area contributed by atoms with Crippen LogP contribution in [0.15, 0.2) is 52.5 Å². The lowest BCUT2D eigenvalue weighted by Gasteiger charge is -2.12. The second-order valence-corrected chi connectivity index (χ2v) is 6.11. The third kappa shape index (κ3) is 3.09. The molecule has 0 radical (unpaired) electrons. The maximum Gasteiger partial charge on any atom is 0.257 e. The molecule has 0 saturated heterocycles. The number of furan rings is 1. The van der Waals surface area contributed by atoms with E-state index in [-0.39, 0.29) is 4.90 Å². The van der Waals surface area contributed by atoms with Gasteiger partial charge in [0.05, 0.1) is 16.9 Å². The number of rotatable bonds is 5. The standard InChI is InChI=1S/C14H16N2O3S/c1-10-6-7-11(2)14(9-10)20(17,18)16-15-12(3)13-5-4-8-19-13/h4-9,15-16H,3H2,1-2H3. The highest BCUT2D eigenvalue weighted by Gasteiger charge is 2.17. The zero-order chi connectivity index (χ0) is 14.8. The summed E-state index contributed by atoms with van der Waals surface area (Å²) < 4.78 is 29.6. The van der Waals surface area contributed by atoms with Gasteiger partial charge in [0.15, 0.2) is 0 Å². The highest BCUT2D eigenvalue weighted by atomic mass is 32.2. The maximum atomic E-state index is 12.2. The molecule has 0 spiro atoms. The number of hydrogen-bond donors (Lipinski definition) is 2. The summed E-state index contributed by atoms with van der Waals surface area (Å²) in [5.41, 5.74) is 4.43. The average molecular weight is 292 g/mol. The first-order valence-corrected chi connectivity index (χ1v) is 7.46. The van der Waals surface area contributed by atoms with E-state index in [1.54, 1.807) is 31.2 Å². The molecule has 106 valence electrons. The van der Waals surface area contributed by atoms with Crippen molar-refractivity contribution < 1.29 is 12.8 Å². The predicted molar refractivity (Wildman–Crippen MR) is 77.1 cm³/mol. The van der Waals surface area contributed by atoms with Crippen LogP contribution in [0.5, 0.6) is 0 Å². The zero-order valence-corrected chi connectivity index (χ0v) is 12.1. The van der Waals surface area contributed by atoms with Gasteiger partial charge in [0.2, 0.25) is 0 Å². The fourth-order valence-corrected chi connectivity index (χ4v) is 2.89. The van der Waals surface area contributed by atoms with E-state index < -0.39 is 10.0 Å². The van der Waals surface area contributed by atoms with Gasteiger partial charge < -0.3 is 9.84 Å². The Hall–Kier alpha value is -2.05. The van der Waals surface area contributed by atoms with Crippen molar-refractivity contribution in [1.82, 2.24) is 10.3 Å². The molecule has 0 fully saturated rings. The minimum atomic E-state index is -3.66. The molecule has 0 bridgehead atoms. The molecule has 0 amide bonds. The Morgan fingerprint density at radius 3 is 2.65 bits per heavy atom. The largest absolute Gasteiger partial charge is 0.463 e. The molecular formula is C14H16N2O3S. The Morgan fingerprint density at radius 2 is 2.00 bits per heavy atom. The number of hydrazine groups is 1. The van der Waals surface area contributed by atoms with Crippen LogP contribution in [0.4, 0.5) is 0 Å². The number of nitrogens with one attached hydrogen (secondary N) is 2. The van der Waals surface area contributed by atoms with Crippen LogP contribution >= 0.6 is 0 Å². The first kappa shape index (κ1) is 14.4. The van der Waals surface area contributed by atoms with E-state index in [4.69, 9.17) is 4.42 Å². The monoisotopic (exact) mass is 292 g/mol. The summed E-state index contributed by atoms with van der Waals surface area (Å²) in [4.78, 5) is 2.53. The van der Waals surface area contributed by atoms with E-state index in [0.717, 1.165) is 5.56 Å². The molecule has 0 aliphatic rings. The van der Waals surface area contributed by atoms with Crippen molar-refractivity contribution >= 4 is 15.7 Å². The van der Waals surface area contributed by atoms with Gasteiger partial charge in [0.25, 0.3) is 10.0 Å². The Morgan fingerprint density at radius 1 is 1.25 bits per heavy atom. The van der Waals surface area contributed by atoms with Crippen LogP contribution in [0.25, 0.3) is 5.70 Å². The predicted octanol–water partition coefficient (Wildman–Crippen LogP) is 2.35. The number of sulfonamides is 1. The van der Waals surface area contributed by atoms with Crippen LogP contribution in [-0.4, -0.2) is 8.42 Å². The molecule has 2 N–H and O–H groups in total. The van der Waals surface area contributed by atoms with Crippen molar-refractivity contribution in [1.29, 1.82) is 0 Å². The molecule has 0 saturated carbocycles. The third-order valence-electron chi connectivity index (χ3n) is 2.79. The molecule has 6 heteroatoms. The van der Waals surface area contributed by atoms with Crippen LogP contribution in [0.2, 0.25) is 0 Å². The normalized spacial score (nSPS) is 11.3. The smallest absolute Gasteiger partial charge is 0.257 e. The second-order valence-electron chi connectivity index (χ2n) is 4.46. The van der Waals surface area contributed by atoms with Crippen LogP contribution < -0.4 is 10.3 Å². The van der Waals surface area contributed by atoms with Crippen LogP contribution in [0.3, 0.4) is 0 Å². The van der Waals surface area contributed by atoms with Gasteiger partial charge in [0.1, 0.15) is 5.76 Å². The number of benzene rings is 1. The van der Waals surface area contributed by atoms with Crippen molar-refractivity contribution in [3.8, 4) is 0 Å². The Labute approximate surface area is 118 Å². The number of aryl methyl sites for hydroxylation is 2. The summed E-state index contributed by atoms with van der Waals surface area (Å²) >= 11 is 0. The van der Waals surface area contributed by atoms with Crippen LogP contribution in [0, 0.1) is 13.8 Å². The van der Waals surface area contributed by atoms with Gasteiger partial charge >= 0.3 is 0 Å². The lowest BCUT2D eigenvalue weighted by Crippen LogP contribution is -2.36. The molecular weight excluding hydrogens is 276 g/mol. The van der Waals surface area contributed by atoms with Crippen molar-refractivity contribution in [3.63, 3.8) is 0 Å². The van der Waals surface area contributed by atoms with E-state index in [9.17, 15) is 8.42 Å². The summed E-state index contributed by atoms with van der Waals surface area (Å²) in [6.45, 7) is 7.29. The molecule has 2 rings (SSSR count). The SMILES string of the molecule is C=C(NNS(=O)(=O)c1cc(C)ccc1C)c1ccco1. The Bertz CT molecular complexity index is 719. The lowest BCUT2D eigenvalue weighted by atomic mass is 10.2. The molecule has 20 heavy (non-hydrogen) atoms. The van der Waals surface area contributed by atoms with Crippen molar-refractivity contribution in [2.45, 2.75) is 18.7 Å². The lowest BCUT2D eigenvalue weighted by molar-refractivity contribution is 0.542. The second kappa shape index (κ2) is 5.52. The molecule has 1 aromatic heterocycles. The fraction of sp³-hybridized carbons (Fsp3) is 0.143. The molecule has 5 nitrogen and oxygen atoms in total. The van der Waals surface area contributed by atoms with Crippen LogP contribution in [-0.2, 0) is 10.0 Å². The van der Waals surface area contributed by atoms with Gasteiger partial charge in [-0.1, -0.05) is 18.7 Å². The first-order chi connectivity index (χ1) is 9.40. The molecule has 0 aliphatic heterocycles. The molecule has 0 atom stereocenters. The summed E-state index contributed by atoms with van der Waals surface area (Å²) in [6, 6.07) is 8.63. The zero-order valence-electron chi connectivity index (χ0n) is 11.3. The van der Waals surface area contributed by atoms with E-state index in [0.29, 0.717) is 17.0 Å². The topological polar surface area (TPSA) is 71.3 Å². The molecule has 0 unspecified atom stereocenters. The van der Waals surface area contributed by atoms with Gasteiger partial charge in [-0.2, -0.15) is 0 Å². The van der Waals surface area contributed by atoms with Gasteiger partial charge in [-0.25, -0.2) is 8.42 Å². The van der Waals surface area contributed by atoms with E-state index in [1.807, 2.05) is 13.0 Å². The van der Waals surface area contributed by atoms with E-state index >= 15 is 0 Å². The average Bonchev–Trinajstić information content (AvgIpc) is 2.93. The Balaban J connectivity index is 2.16. The van der Waals surface area contributed by atoms with Gasteiger partial charge in [-0.3, -0.25) is 0 Å². The van der Waals surface area contributed by atoms with Crippen molar-refractivity contribution in [3.05, 3.63) is 60.1 Å². The molecule has 0 aliphatic carbocycles. The molecule has 1 heterocycles. The Kier molecular flexibility index (Phi) is 3.96. The highest BCUT2D eigenvalue weighted by molar-refractivity contribution is 7.89. The highest BCUT2D eigenvalue weighted by Crippen LogP contribution is 2.16. The summed E-state index contributed by atoms with van der Waals surface area (Å²) in [5.74, 6) is 0.466. The third-order valence-corrected chi connectivity index (χ3v) is 4.18. The maximum absolute atomic E-state index is 12.2. The summed E-state index contributed by atoms with van der Waals surface area (Å²) in [7, 11) is -3.66. The number of hydrogen-bond acceptors (Lipinski definition) is 4. The van der Waals surface area contributed by atoms with Crippen LogP contribution in [0.1, 0.15) is 16.9 Å². The fourth-order valence-electron chi connectivity index (χ4n) is 1.69. The summed E-state index contributed by atoms with van der Waals surface area (Å²) in [6.07, 6.45) is 1.49. The van der Waals surface area contributed by atoms with Crippen molar-refractivity contribution in [2.75, 3.05) is 0 Å². The van der Waals surface area contributed by atoms with Gasteiger partial charge in [-0.15, -0.1) is 4.83 Å². The van der Waals surface area contributed by atoms with Gasteiger partial charge in [0, 0.05) is 0 Å². The van der Waals surface area contributed by atoms with E-state index in [2.05, 4.69) is 16.8 Å². The van der Waals surface area contributed by atoms with Crippen molar-refractivity contribution in [2.24, 2.45) is 0 Å². The summed E-state index contributed by atoms with van der Waals surface area (Å²) in [5, 5.41) is 0.